The molecule has 0 bridgehead atoms. The van der Waals surface area contributed by atoms with Gasteiger partial charge in [-0.25, -0.2) is 9.78 Å². The first-order valence-corrected chi connectivity index (χ1v) is 11.8. The van der Waals surface area contributed by atoms with Crippen molar-refractivity contribution in [2.45, 2.75) is 0 Å². The molecule has 1 N–H and O–H groups in total. The van der Waals surface area contributed by atoms with Gasteiger partial charge in [0, 0.05) is 16.6 Å². The molecule has 0 atom stereocenters. The highest BCUT2D eigenvalue weighted by molar-refractivity contribution is 6.32. The third kappa shape index (κ3) is 5.57. The maximum absolute atomic E-state index is 13.1. The van der Waals surface area contributed by atoms with Gasteiger partial charge in [0.15, 0.2) is 18.1 Å². The van der Waals surface area contributed by atoms with Crippen molar-refractivity contribution in [1.29, 1.82) is 0 Å². The summed E-state index contributed by atoms with van der Waals surface area (Å²) in [6.45, 7) is -0.501. The van der Waals surface area contributed by atoms with Crippen molar-refractivity contribution in [3.8, 4) is 34.3 Å². The van der Waals surface area contributed by atoms with E-state index in [1.165, 1.54) is 28.4 Å². The van der Waals surface area contributed by atoms with Gasteiger partial charge in [-0.05, 0) is 42.5 Å². The third-order valence-electron chi connectivity index (χ3n) is 5.67. The molecule has 4 rings (SSSR count). The Balaban J connectivity index is 1.61. The second kappa shape index (κ2) is 11.7. The van der Waals surface area contributed by atoms with E-state index in [0.29, 0.717) is 55.9 Å². The zero-order chi connectivity index (χ0) is 27.2. The number of nitrogens with one attached hydrogen (secondary N) is 1. The van der Waals surface area contributed by atoms with E-state index < -0.39 is 18.5 Å². The standard InChI is InChI=1S/C28H25ClN2O7/c1-34-23-10-9-17(13-20(23)29)30-26(32)15-38-28(33)19-14-22(31-21-8-6-5-7-18(19)21)16-11-24(35-2)27(37-4)25(12-16)36-3/h5-14H,15H2,1-4H3,(H,30,32). The molecular formula is C28H25ClN2O7. The van der Waals surface area contributed by atoms with Crippen LogP contribution in [0.5, 0.6) is 23.0 Å². The molecule has 1 aromatic heterocycles. The summed E-state index contributed by atoms with van der Waals surface area (Å²) < 4.78 is 26.8. The summed E-state index contributed by atoms with van der Waals surface area (Å²) in [6.07, 6.45) is 0. The lowest BCUT2D eigenvalue weighted by molar-refractivity contribution is -0.119. The zero-order valence-corrected chi connectivity index (χ0v) is 21.9. The number of amides is 1. The highest BCUT2D eigenvalue weighted by Crippen LogP contribution is 2.41. The highest BCUT2D eigenvalue weighted by Gasteiger charge is 2.19. The van der Waals surface area contributed by atoms with Crippen molar-refractivity contribution in [2.24, 2.45) is 0 Å². The molecule has 0 fully saturated rings. The van der Waals surface area contributed by atoms with Crippen LogP contribution in [0.15, 0.2) is 60.7 Å². The van der Waals surface area contributed by atoms with Gasteiger partial charge in [0.05, 0.1) is 50.2 Å². The number of ether oxygens (including phenoxy) is 5. The molecule has 0 aliphatic carbocycles. The van der Waals surface area contributed by atoms with E-state index in [1.54, 1.807) is 54.6 Å². The first-order chi connectivity index (χ1) is 18.4. The Morgan fingerprint density at radius 2 is 1.53 bits per heavy atom. The number of nitrogens with zero attached hydrogens (tertiary/aromatic N) is 1. The van der Waals surface area contributed by atoms with E-state index in [-0.39, 0.29) is 5.56 Å². The molecule has 1 heterocycles. The number of benzene rings is 3. The monoisotopic (exact) mass is 536 g/mol. The first kappa shape index (κ1) is 26.6. The number of rotatable bonds is 9. The number of anilines is 1. The predicted octanol–water partition coefficient (Wildman–Crippen LogP) is 5.39. The second-order valence-corrected chi connectivity index (χ2v) is 8.37. The van der Waals surface area contributed by atoms with Gasteiger partial charge < -0.3 is 29.0 Å². The number of fused-ring (bicyclic) bond motifs is 1. The molecular weight excluding hydrogens is 512 g/mol. The van der Waals surface area contributed by atoms with Crippen molar-refractivity contribution in [1.82, 2.24) is 4.98 Å². The van der Waals surface area contributed by atoms with Crippen molar-refractivity contribution >= 4 is 40.1 Å². The topological polar surface area (TPSA) is 105 Å². The Morgan fingerprint density at radius 3 is 2.16 bits per heavy atom. The number of hydrogen-bond donors (Lipinski definition) is 1. The number of para-hydroxylation sites is 1. The lowest BCUT2D eigenvalue weighted by atomic mass is 10.0. The van der Waals surface area contributed by atoms with E-state index in [0.717, 1.165) is 0 Å². The summed E-state index contributed by atoms with van der Waals surface area (Å²) in [5, 5.41) is 3.56. The molecule has 0 unspecified atom stereocenters. The summed E-state index contributed by atoms with van der Waals surface area (Å²) in [4.78, 5) is 30.3. The van der Waals surface area contributed by atoms with Crippen LogP contribution in [0.2, 0.25) is 5.02 Å². The van der Waals surface area contributed by atoms with Crippen LogP contribution >= 0.6 is 11.6 Å². The zero-order valence-electron chi connectivity index (χ0n) is 21.2. The van der Waals surface area contributed by atoms with Crippen molar-refractivity contribution in [2.75, 3.05) is 40.4 Å². The van der Waals surface area contributed by atoms with Crippen molar-refractivity contribution in [3.63, 3.8) is 0 Å². The van der Waals surface area contributed by atoms with Crippen molar-refractivity contribution < 1.29 is 33.3 Å². The molecule has 9 nitrogen and oxygen atoms in total. The molecule has 10 heteroatoms. The van der Waals surface area contributed by atoms with E-state index in [1.807, 2.05) is 6.07 Å². The molecule has 0 spiro atoms. The summed E-state index contributed by atoms with van der Waals surface area (Å²) in [5.41, 5.74) is 2.37. The molecule has 38 heavy (non-hydrogen) atoms. The minimum atomic E-state index is -0.680. The molecule has 196 valence electrons. The molecule has 4 aromatic rings. The van der Waals surface area contributed by atoms with Gasteiger partial charge in [0.1, 0.15) is 5.75 Å². The number of halogens is 1. The van der Waals surface area contributed by atoms with E-state index in [9.17, 15) is 9.59 Å². The Morgan fingerprint density at radius 1 is 0.842 bits per heavy atom. The fourth-order valence-corrected chi connectivity index (χ4v) is 4.13. The Bertz CT molecular complexity index is 1480. The largest absolute Gasteiger partial charge is 0.495 e. The number of aromatic nitrogens is 1. The summed E-state index contributed by atoms with van der Waals surface area (Å²) in [6, 6.07) is 17.0. The summed E-state index contributed by atoms with van der Waals surface area (Å²) in [5.74, 6) is 0.586. The summed E-state index contributed by atoms with van der Waals surface area (Å²) in [7, 11) is 6.04. The van der Waals surface area contributed by atoms with Gasteiger partial charge in [0.25, 0.3) is 5.91 Å². The minimum absolute atomic E-state index is 0.250. The first-order valence-electron chi connectivity index (χ1n) is 11.4. The predicted molar refractivity (Wildman–Crippen MR) is 144 cm³/mol. The average Bonchev–Trinajstić information content (AvgIpc) is 2.94. The fraction of sp³-hybridized carbons (Fsp3) is 0.179. The molecule has 3 aromatic carbocycles. The molecule has 1 amide bonds. The smallest absolute Gasteiger partial charge is 0.339 e. The van der Waals surface area contributed by atoms with Gasteiger partial charge in [-0.15, -0.1) is 0 Å². The van der Waals surface area contributed by atoms with Crippen LogP contribution in [-0.4, -0.2) is 51.9 Å². The second-order valence-electron chi connectivity index (χ2n) is 7.96. The molecule has 0 radical (unpaired) electrons. The Labute approximate surface area is 224 Å². The minimum Gasteiger partial charge on any atom is -0.495 e. The number of pyridine rings is 1. The lowest BCUT2D eigenvalue weighted by Crippen LogP contribution is -2.21. The SMILES string of the molecule is COc1ccc(NC(=O)COC(=O)c2cc(-c3cc(OC)c(OC)c(OC)c3)nc3ccccc23)cc1Cl. The van der Waals surface area contributed by atoms with Crippen LogP contribution in [-0.2, 0) is 9.53 Å². The van der Waals surface area contributed by atoms with Gasteiger partial charge >= 0.3 is 5.97 Å². The number of methoxy groups -OCH3 is 4. The summed E-state index contributed by atoms with van der Waals surface area (Å²) >= 11 is 6.11. The van der Waals surface area contributed by atoms with Gasteiger partial charge in [-0.2, -0.15) is 0 Å². The average molecular weight is 537 g/mol. The molecule has 0 aliphatic rings. The van der Waals surface area contributed by atoms with Gasteiger partial charge in [-0.3, -0.25) is 4.79 Å². The quantitative estimate of drug-likeness (QED) is 0.284. The van der Waals surface area contributed by atoms with Gasteiger partial charge in [0.2, 0.25) is 5.75 Å². The van der Waals surface area contributed by atoms with Crippen molar-refractivity contribution in [3.05, 3.63) is 71.2 Å². The highest BCUT2D eigenvalue weighted by atomic mass is 35.5. The Hall–Kier alpha value is -4.50. The molecule has 0 saturated heterocycles. The van der Waals surface area contributed by atoms with Crippen LogP contribution in [0.3, 0.4) is 0 Å². The number of esters is 1. The van der Waals surface area contributed by atoms with E-state index in [4.69, 9.17) is 40.3 Å². The normalized spacial score (nSPS) is 10.6. The van der Waals surface area contributed by atoms with Crippen LogP contribution in [0.4, 0.5) is 5.69 Å². The molecule has 0 aliphatic heterocycles. The maximum Gasteiger partial charge on any atom is 0.339 e. The Kier molecular flexibility index (Phi) is 8.18. The third-order valence-corrected chi connectivity index (χ3v) is 5.96. The number of carbonyl (C=O) groups is 2. The van der Waals surface area contributed by atoms with Gasteiger partial charge in [-0.1, -0.05) is 29.8 Å². The lowest BCUT2D eigenvalue weighted by Gasteiger charge is -2.15. The maximum atomic E-state index is 13.1. The van der Waals surface area contributed by atoms with Crippen LogP contribution < -0.4 is 24.3 Å². The van der Waals surface area contributed by atoms with Crippen LogP contribution in [0.25, 0.3) is 22.2 Å². The van der Waals surface area contributed by atoms with E-state index in [2.05, 4.69) is 5.32 Å². The van der Waals surface area contributed by atoms with Crippen LogP contribution in [0.1, 0.15) is 10.4 Å². The van der Waals surface area contributed by atoms with E-state index >= 15 is 0 Å². The van der Waals surface area contributed by atoms with Crippen LogP contribution in [0, 0.1) is 0 Å². The molecule has 0 saturated carbocycles. The fourth-order valence-electron chi connectivity index (χ4n) is 3.87. The number of hydrogen-bond acceptors (Lipinski definition) is 8. The number of carbonyl (C=O) groups excluding carboxylic acids is 2.